The van der Waals surface area contributed by atoms with Crippen LogP contribution in [0.1, 0.15) is 17.4 Å². The summed E-state index contributed by atoms with van der Waals surface area (Å²) in [7, 11) is 0. The summed E-state index contributed by atoms with van der Waals surface area (Å²) in [6.45, 7) is 2.15. The third-order valence-corrected chi connectivity index (χ3v) is 4.36. The minimum Gasteiger partial charge on any atom is -0.493 e. The Kier molecular flexibility index (Phi) is 4.74. The third-order valence-electron chi connectivity index (χ3n) is 4.36. The van der Waals surface area contributed by atoms with Gasteiger partial charge in [-0.15, -0.1) is 0 Å². The number of benzene rings is 2. The highest BCUT2D eigenvalue weighted by molar-refractivity contribution is 6.02. The number of imidazole rings is 1. The van der Waals surface area contributed by atoms with Crippen LogP contribution in [0.3, 0.4) is 0 Å². The van der Waals surface area contributed by atoms with Crippen LogP contribution < -0.4 is 16.2 Å². The Morgan fingerprint density at radius 2 is 1.83 bits per heavy atom. The number of halogens is 2. The van der Waals surface area contributed by atoms with Gasteiger partial charge in [-0.3, -0.25) is 4.79 Å². The van der Waals surface area contributed by atoms with Crippen LogP contribution in [0.5, 0.6) is 5.75 Å². The minimum absolute atomic E-state index is 0.00449. The number of hydrogen-bond acceptors (Lipinski definition) is 5. The van der Waals surface area contributed by atoms with Crippen molar-refractivity contribution in [3.8, 4) is 22.8 Å². The minimum atomic E-state index is -0.978. The fraction of sp³-hybridized carbons (Fsp3) is 0.100. The van der Waals surface area contributed by atoms with Gasteiger partial charge in [0.15, 0.2) is 17.2 Å². The molecule has 2 heterocycles. The molecular formula is C20H15F2N5O3. The Balaban J connectivity index is 2.10. The molecule has 0 spiro atoms. The molecule has 0 saturated carbocycles. The highest BCUT2D eigenvalue weighted by atomic mass is 19.1. The zero-order chi connectivity index (χ0) is 21.4. The number of nitrogens with one attached hydrogen (secondary N) is 1. The van der Waals surface area contributed by atoms with Gasteiger partial charge in [0.05, 0.1) is 12.2 Å². The van der Waals surface area contributed by atoms with Crippen molar-refractivity contribution in [1.82, 2.24) is 19.5 Å². The molecule has 0 atom stereocenters. The molecule has 0 bridgehead atoms. The Labute approximate surface area is 168 Å². The predicted octanol–water partition coefficient (Wildman–Crippen LogP) is 2.55. The molecule has 0 radical (unpaired) electrons. The van der Waals surface area contributed by atoms with E-state index in [9.17, 15) is 18.4 Å². The maximum atomic E-state index is 14.4. The molecule has 3 N–H and O–H groups in total. The first-order valence-electron chi connectivity index (χ1n) is 8.91. The summed E-state index contributed by atoms with van der Waals surface area (Å²) in [5.41, 5.74) is 3.69. The molecule has 0 fully saturated rings. The summed E-state index contributed by atoms with van der Waals surface area (Å²) in [5.74, 6) is -2.47. The number of H-pyrrole nitrogens is 1. The standard InChI is InChI=1S/C20H15F2N5O3/c1-2-30-13-9-4-3-6-10(13)18-24-14(17(23)28)15-19(26-18)27(20(29)25-15)16-11(21)7-5-8-12(16)22/h3-9H,2H2,1H3,(H2,23,28)(H,25,29). The highest BCUT2D eigenvalue weighted by Gasteiger charge is 2.24. The first kappa shape index (κ1) is 19.2. The molecule has 2 aromatic heterocycles. The van der Waals surface area contributed by atoms with Gasteiger partial charge in [-0.25, -0.2) is 28.1 Å². The number of ether oxygens (including phenoxy) is 1. The molecule has 4 aromatic rings. The number of aromatic nitrogens is 4. The van der Waals surface area contributed by atoms with E-state index in [0.29, 0.717) is 22.5 Å². The number of aromatic amines is 1. The van der Waals surface area contributed by atoms with Crippen LogP contribution in [0.2, 0.25) is 0 Å². The number of para-hydroxylation sites is 2. The van der Waals surface area contributed by atoms with E-state index < -0.39 is 28.9 Å². The van der Waals surface area contributed by atoms with Crippen LogP contribution in [-0.4, -0.2) is 32.0 Å². The molecule has 0 unspecified atom stereocenters. The number of nitrogens with zero attached hydrogens (tertiary/aromatic N) is 3. The lowest BCUT2D eigenvalue weighted by Gasteiger charge is -2.11. The lowest BCUT2D eigenvalue weighted by molar-refractivity contribution is 0.0997. The monoisotopic (exact) mass is 411 g/mol. The van der Waals surface area contributed by atoms with E-state index in [2.05, 4.69) is 15.0 Å². The van der Waals surface area contributed by atoms with Crippen molar-refractivity contribution in [3.05, 3.63) is 70.3 Å². The van der Waals surface area contributed by atoms with Crippen LogP contribution >= 0.6 is 0 Å². The maximum Gasteiger partial charge on any atom is 0.332 e. The molecule has 0 aliphatic carbocycles. The summed E-state index contributed by atoms with van der Waals surface area (Å²) < 4.78 is 35.1. The van der Waals surface area contributed by atoms with E-state index in [1.54, 1.807) is 31.2 Å². The molecular weight excluding hydrogens is 396 g/mol. The zero-order valence-electron chi connectivity index (χ0n) is 15.6. The molecule has 1 amide bonds. The van der Waals surface area contributed by atoms with Gasteiger partial charge in [0.1, 0.15) is 28.6 Å². The van der Waals surface area contributed by atoms with Gasteiger partial charge in [0.2, 0.25) is 0 Å². The highest BCUT2D eigenvalue weighted by Crippen LogP contribution is 2.30. The average molecular weight is 411 g/mol. The van der Waals surface area contributed by atoms with Gasteiger partial charge in [-0.2, -0.15) is 0 Å². The van der Waals surface area contributed by atoms with Gasteiger partial charge in [0, 0.05) is 0 Å². The Hall–Kier alpha value is -4.08. The van der Waals surface area contributed by atoms with Crippen molar-refractivity contribution in [1.29, 1.82) is 0 Å². The van der Waals surface area contributed by atoms with E-state index in [1.807, 2.05) is 0 Å². The number of primary amides is 1. The van der Waals surface area contributed by atoms with E-state index in [0.717, 1.165) is 12.1 Å². The first-order valence-corrected chi connectivity index (χ1v) is 8.91. The summed E-state index contributed by atoms with van der Waals surface area (Å²) in [6, 6.07) is 9.95. The van der Waals surface area contributed by atoms with Crippen molar-refractivity contribution in [2.24, 2.45) is 5.73 Å². The molecule has 8 nitrogen and oxygen atoms in total. The van der Waals surface area contributed by atoms with E-state index in [-0.39, 0.29) is 22.7 Å². The molecule has 0 saturated heterocycles. The van der Waals surface area contributed by atoms with Crippen LogP contribution in [0.4, 0.5) is 8.78 Å². The van der Waals surface area contributed by atoms with Crippen LogP contribution in [0.25, 0.3) is 28.2 Å². The molecule has 0 aliphatic heterocycles. The second-order valence-corrected chi connectivity index (χ2v) is 6.22. The third kappa shape index (κ3) is 3.08. The molecule has 4 rings (SSSR count). The van der Waals surface area contributed by atoms with Gasteiger partial charge >= 0.3 is 5.69 Å². The number of nitrogens with two attached hydrogens (primary N) is 1. The van der Waals surface area contributed by atoms with E-state index in [1.165, 1.54) is 6.07 Å². The smallest absolute Gasteiger partial charge is 0.332 e. The summed E-state index contributed by atoms with van der Waals surface area (Å²) >= 11 is 0. The summed E-state index contributed by atoms with van der Waals surface area (Å²) in [6.07, 6.45) is 0. The SMILES string of the molecule is CCOc1ccccc1-c1nc(C(N)=O)c2[nH]c(=O)n(-c3c(F)cccc3F)c2n1. The van der Waals surface area contributed by atoms with Crippen molar-refractivity contribution < 1.29 is 18.3 Å². The first-order chi connectivity index (χ1) is 14.4. The largest absolute Gasteiger partial charge is 0.493 e. The Bertz CT molecular complexity index is 1330. The topological polar surface area (TPSA) is 116 Å². The summed E-state index contributed by atoms with van der Waals surface area (Å²) in [4.78, 5) is 35.4. The van der Waals surface area contributed by atoms with Gasteiger partial charge in [-0.05, 0) is 31.2 Å². The number of rotatable bonds is 5. The average Bonchev–Trinajstić information content (AvgIpc) is 3.03. The summed E-state index contributed by atoms with van der Waals surface area (Å²) in [5, 5.41) is 0. The number of fused-ring (bicyclic) bond motifs is 1. The number of carbonyl (C=O) groups excluding carboxylic acids is 1. The van der Waals surface area contributed by atoms with E-state index >= 15 is 0 Å². The number of carbonyl (C=O) groups is 1. The Morgan fingerprint density at radius 3 is 2.50 bits per heavy atom. The molecule has 152 valence electrons. The number of hydrogen-bond donors (Lipinski definition) is 2. The van der Waals surface area contributed by atoms with E-state index in [4.69, 9.17) is 10.5 Å². The van der Waals surface area contributed by atoms with Crippen LogP contribution in [0, 0.1) is 11.6 Å². The Morgan fingerprint density at radius 1 is 1.13 bits per heavy atom. The van der Waals surface area contributed by atoms with Crippen molar-refractivity contribution in [2.75, 3.05) is 6.61 Å². The second kappa shape index (κ2) is 7.39. The van der Waals surface area contributed by atoms with Crippen LogP contribution in [0.15, 0.2) is 47.3 Å². The predicted molar refractivity (Wildman–Crippen MR) is 105 cm³/mol. The van der Waals surface area contributed by atoms with Crippen molar-refractivity contribution in [3.63, 3.8) is 0 Å². The fourth-order valence-electron chi connectivity index (χ4n) is 3.13. The van der Waals surface area contributed by atoms with Gasteiger partial charge in [0.25, 0.3) is 5.91 Å². The zero-order valence-corrected chi connectivity index (χ0v) is 15.6. The van der Waals surface area contributed by atoms with Crippen molar-refractivity contribution in [2.45, 2.75) is 6.92 Å². The second-order valence-electron chi connectivity index (χ2n) is 6.22. The van der Waals surface area contributed by atoms with Gasteiger partial charge in [-0.1, -0.05) is 18.2 Å². The molecule has 2 aromatic carbocycles. The molecule has 0 aliphatic rings. The molecule has 30 heavy (non-hydrogen) atoms. The quantitative estimate of drug-likeness (QED) is 0.524. The van der Waals surface area contributed by atoms with Gasteiger partial charge < -0.3 is 15.5 Å². The van der Waals surface area contributed by atoms with Crippen LogP contribution in [-0.2, 0) is 0 Å². The number of amides is 1. The normalized spacial score (nSPS) is 11.0. The lowest BCUT2D eigenvalue weighted by atomic mass is 10.1. The molecule has 10 heteroatoms. The lowest BCUT2D eigenvalue weighted by Crippen LogP contribution is -2.18. The van der Waals surface area contributed by atoms with Crippen molar-refractivity contribution >= 4 is 17.1 Å². The fourth-order valence-corrected chi connectivity index (χ4v) is 3.13. The maximum absolute atomic E-state index is 14.4.